The van der Waals surface area contributed by atoms with E-state index >= 15 is 0 Å². The van der Waals surface area contributed by atoms with Crippen LogP contribution in [0.5, 0.6) is 0 Å². The molecule has 2 rings (SSSR count). The van der Waals surface area contributed by atoms with E-state index in [1.165, 1.54) is 0 Å². The van der Waals surface area contributed by atoms with Crippen LogP contribution in [0.1, 0.15) is 30.9 Å². The lowest BCUT2D eigenvalue weighted by molar-refractivity contribution is -0.141. The van der Waals surface area contributed by atoms with Crippen LogP contribution in [0.15, 0.2) is 30.3 Å². The molecule has 116 valence electrons. The zero-order valence-electron chi connectivity index (χ0n) is 13.0. The quantitative estimate of drug-likeness (QED) is 0.809. The number of carbonyl (C=O) groups excluding carboxylic acids is 1. The lowest BCUT2D eigenvalue weighted by Gasteiger charge is -2.27. The van der Waals surface area contributed by atoms with Crippen molar-refractivity contribution in [3.8, 4) is 0 Å². The number of benzene rings is 1. The minimum absolute atomic E-state index is 0.0239. The first-order chi connectivity index (χ1) is 10.2. The molecule has 0 radical (unpaired) electrons. The lowest BCUT2D eigenvalue weighted by atomic mass is 9.96. The highest BCUT2D eigenvalue weighted by molar-refractivity contribution is 5.82. The second kappa shape index (κ2) is 8.15. The Kier molecular flexibility index (Phi) is 6.21. The number of likely N-dealkylation sites (N-methyl/N-ethyl adjacent to an activating group) is 1. The van der Waals surface area contributed by atoms with Gasteiger partial charge in [0.25, 0.3) is 5.91 Å². The number of amides is 1. The summed E-state index contributed by atoms with van der Waals surface area (Å²) in [5, 5.41) is 0. The highest BCUT2D eigenvalue weighted by Crippen LogP contribution is 2.21. The summed E-state index contributed by atoms with van der Waals surface area (Å²) in [6.45, 7) is 2.48. The van der Waals surface area contributed by atoms with E-state index in [1.807, 2.05) is 37.4 Å². The molecule has 1 fully saturated rings. The molecule has 0 aromatic heterocycles. The van der Waals surface area contributed by atoms with Gasteiger partial charge < -0.3 is 14.4 Å². The van der Waals surface area contributed by atoms with E-state index in [2.05, 4.69) is 0 Å². The Hall–Kier alpha value is -1.39. The Balaban J connectivity index is 1.88. The first kappa shape index (κ1) is 16.0. The molecule has 4 nitrogen and oxygen atoms in total. The number of hydrogen-bond acceptors (Lipinski definition) is 3. The van der Waals surface area contributed by atoms with Gasteiger partial charge in [-0.15, -0.1) is 0 Å². The standard InChI is InChI=1S/C17H25NO3/c1-18(11-8-14-9-12-21-13-10-14)17(19)16(20-2)15-6-4-3-5-7-15/h3-7,14,16H,8-13H2,1-2H3. The van der Waals surface area contributed by atoms with Crippen LogP contribution in [0, 0.1) is 5.92 Å². The molecular weight excluding hydrogens is 266 g/mol. The Morgan fingerprint density at radius 1 is 1.33 bits per heavy atom. The van der Waals surface area contributed by atoms with Crippen LogP contribution in [-0.4, -0.2) is 44.7 Å². The van der Waals surface area contributed by atoms with E-state index < -0.39 is 6.10 Å². The maximum Gasteiger partial charge on any atom is 0.256 e. The number of nitrogens with zero attached hydrogens (tertiary/aromatic N) is 1. The summed E-state index contributed by atoms with van der Waals surface area (Å²) in [4.78, 5) is 14.3. The van der Waals surface area contributed by atoms with Crippen molar-refractivity contribution in [1.82, 2.24) is 4.90 Å². The third-order valence-corrected chi connectivity index (χ3v) is 4.15. The first-order valence-electron chi connectivity index (χ1n) is 7.63. The molecule has 1 atom stereocenters. The average molecular weight is 291 g/mol. The van der Waals surface area contributed by atoms with Crippen LogP contribution in [0.3, 0.4) is 0 Å². The maximum atomic E-state index is 12.5. The molecule has 0 bridgehead atoms. The summed E-state index contributed by atoms with van der Waals surface area (Å²) >= 11 is 0. The highest BCUT2D eigenvalue weighted by Gasteiger charge is 2.24. The second-order valence-electron chi connectivity index (χ2n) is 5.63. The van der Waals surface area contributed by atoms with Gasteiger partial charge in [0.1, 0.15) is 0 Å². The number of rotatable bonds is 6. The van der Waals surface area contributed by atoms with E-state index in [-0.39, 0.29) is 5.91 Å². The number of ether oxygens (including phenoxy) is 2. The van der Waals surface area contributed by atoms with Crippen LogP contribution in [0.4, 0.5) is 0 Å². The molecule has 21 heavy (non-hydrogen) atoms. The van der Waals surface area contributed by atoms with Crippen LogP contribution >= 0.6 is 0 Å². The molecule has 4 heteroatoms. The fraction of sp³-hybridized carbons (Fsp3) is 0.588. The summed E-state index contributed by atoms with van der Waals surface area (Å²) in [5.74, 6) is 0.697. The second-order valence-corrected chi connectivity index (χ2v) is 5.63. The molecule has 1 saturated heterocycles. The number of hydrogen-bond donors (Lipinski definition) is 0. The van der Waals surface area contributed by atoms with Gasteiger partial charge in [0.15, 0.2) is 6.10 Å². The zero-order valence-corrected chi connectivity index (χ0v) is 13.0. The molecule has 0 N–H and O–H groups in total. The average Bonchev–Trinajstić information content (AvgIpc) is 2.55. The van der Waals surface area contributed by atoms with Crippen molar-refractivity contribution in [2.75, 3.05) is 33.9 Å². The fourth-order valence-electron chi connectivity index (χ4n) is 2.73. The maximum absolute atomic E-state index is 12.5. The molecular formula is C17H25NO3. The normalized spacial score (nSPS) is 17.4. The summed E-state index contributed by atoms with van der Waals surface area (Å²) in [6, 6.07) is 9.65. The van der Waals surface area contributed by atoms with Crippen LogP contribution in [-0.2, 0) is 14.3 Å². The third kappa shape index (κ3) is 4.55. The van der Waals surface area contributed by atoms with E-state index in [0.717, 1.165) is 44.6 Å². The van der Waals surface area contributed by atoms with Gasteiger partial charge in [-0.05, 0) is 30.7 Å². The molecule has 1 aliphatic heterocycles. The van der Waals surface area contributed by atoms with E-state index in [9.17, 15) is 4.79 Å². The van der Waals surface area contributed by atoms with Gasteiger partial charge in [-0.25, -0.2) is 0 Å². The minimum Gasteiger partial charge on any atom is -0.381 e. The van der Waals surface area contributed by atoms with E-state index in [4.69, 9.17) is 9.47 Å². The molecule has 1 unspecified atom stereocenters. The van der Waals surface area contributed by atoms with Crippen LogP contribution in [0.2, 0.25) is 0 Å². The van der Waals surface area contributed by atoms with Gasteiger partial charge in [-0.1, -0.05) is 30.3 Å². The Morgan fingerprint density at radius 2 is 2.00 bits per heavy atom. The van der Waals surface area contributed by atoms with Crippen LogP contribution < -0.4 is 0 Å². The van der Waals surface area contributed by atoms with Crippen molar-refractivity contribution in [2.24, 2.45) is 5.92 Å². The van der Waals surface area contributed by atoms with Gasteiger partial charge in [0.05, 0.1) is 0 Å². The Morgan fingerprint density at radius 3 is 2.62 bits per heavy atom. The number of carbonyl (C=O) groups is 1. The van der Waals surface area contributed by atoms with Crippen molar-refractivity contribution < 1.29 is 14.3 Å². The summed E-state index contributed by atoms with van der Waals surface area (Å²) in [5.41, 5.74) is 0.905. The highest BCUT2D eigenvalue weighted by atomic mass is 16.5. The summed E-state index contributed by atoms with van der Waals surface area (Å²) in [7, 11) is 3.44. The Labute approximate surface area is 127 Å². The largest absolute Gasteiger partial charge is 0.381 e. The summed E-state index contributed by atoms with van der Waals surface area (Å²) in [6.07, 6.45) is 2.74. The van der Waals surface area contributed by atoms with Crippen molar-refractivity contribution in [2.45, 2.75) is 25.4 Å². The molecule has 1 aliphatic rings. The smallest absolute Gasteiger partial charge is 0.256 e. The van der Waals surface area contributed by atoms with Crippen molar-refractivity contribution in [3.05, 3.63) is 35.9 Å². The molecule has 1 aromatic rings. The third-order valence-electron chi connectivity index (χ3n) is 4.15. The number of methoxy groups -OCH3 is 1. The monoisotopic (exact) mass is 291 g/mol. The molecule has 0 spiro atoms. The molecule has 1 amide bonds. The lowest BCUT2D eigenvalue weighted by Crippen LogP contribution is -2.34. The SMILES string of the molecule is COC(C(=O)N(C)CCC1CCOCC1)c1ccccc1. The van der Waals surface area contributed by atoms with Crippen molar-refractivity contribution >= 4 is 5.91 Å². The molecule has 0 aliphatic carbocycles. The van der Waals surface area contributed by atoms with Gasteiger partial charge in [-0.2, -0.15) is 0 Å². The van der Waals surface area contributed by atoms with Gasteiger partial charge in [0, 0.05) is 33.9 Å². The minimum atomic E-state index is -0.508. The van der Waals surface area contributed by atoms with Crippen molar-refractivity contribution in [1.29, 1.82) is 0 Å². The van der Waals surface area contributed by atoms with Gasteiger partial charge in [0.2, 0.25) is 0 Å². The van der Waals surface area contributed by atoms with Gasteiger partial charge >= 0.3 is 0 Å². The predicted octanol–water partition coefficient (Wildman–Crippen LogP) is 2.65. The molecule has 1 aromatic carbocycles. The fourth-order valence-corrected chi connectivity index (χ4v) is 2.73. The van der Waals surface area contributed by atoms with Crippen LogP contribution in [0.25, 0.3) is 0 Å². The van der Waals surface area contributed by atoms with Crippen molar-refractivity contribution in [3.63, 3.8) is 0 Å². The van der Waals surface area contributed by atoms with E-state index in [0.29, 0.717) is 5.92 Å². The summed E-state index contributed by atoms with van der Waals surface area (Å²) < 4.78 is 10.8. The van der Waals surface area contributed by atoms with E-state index in [1.54, 1.807) is 12.0 Å². The molecule has 0 saturated carbocycles. The van der Waals surface area contributed by atoms with Gasteiger partial charge in [-0.3, -0.25) is 4.79 Å². The zero-order chi connectivity index (χ0) is 15.1. The molecule has 1 heterocycles. The predicted molar refractivity (Wildman–Crippen MR) is 82.0 cm³/mol. The topological polar surface area (TPSA) is 38.8 Å². The Bertz CT molecular complexity index is 429. The first-order valence-corrected chi connectivity index (χ1v) is 7.63.